The van der Waals surface area contributed by atoms with Gasteiger partial charge in [0.1, 0.15) is 11.6 Å². The number of H-pyrrole nitrogens is 1. The summed E-state index contributed by atoms with van der Waals surface area (Å²) in [6.45, 7) is 4.35. The van der Waals surface area contributed by atoms with E-state index in [4.69, 9.17) is 5.11 Å². The van der Waals surface area contributed by atoms with Gasteiger partial charge in [-0.3, -0.25) is 9.59 Å². The predicted molar refractivity (Wildman–Crippen MR) is 68.8 cm³/mol. The van der Waals surface area contributed by atoms with Crippen LogP contribution in [0.15, 0.2) is 10.9 Å². The largest absolute Gasteiger partial charge is 0.481 e. The fraction of sp³-hybridized carbons (Fsp3) is 0.583. The van der Waals surface area contributed by atoms with Crippen molar-refractivity contribution in [2.45, 2.75) is 33.1 Å². The molecular weight excluding hydrogens is 234 g/mol. The molecule has 0 fully saturated rings. The molecule has 0 aliphatic rings. The van der Waals surface area contributed by atoms with Crippen LogP contribution in [0, 0.1) is 5.92 Å². The maximum Gasteiger partial charge on any atom is 0.303 e. The lowest BCUT2D eigenvalue weighted by Gasteiger charge is -2.13. The van der Waals surface area contributed by atoms with Gasteiger partial charge in [-0.1, -0.05) is 20.3 Å². The summed E-state index contributed by atoms with van der Waals surface area (Å²) in [5, 5.41) is 11.8. The van der Waals surface area contributed by atoms with E-state index in [1.165, 1.54) is 6.07 Å². The van der Waals surface area contributed by atoms with Crippen molar-refractivity contribution < 1.29 is 9.90 Å². The van der Waals surface area contributed by atoms with Crippen LogP contribution in [-0.2, 0) is 11.2 Å². The molecule has 0 aliphatic heterocycles. The van der Waals surface area contributed by atoms with Crippen LogP contribution in [0.4, 0.5) is 5.82 Å². The van der Waals surface area contributed by atoms with E-state index in [1.807, 2.05) is 13.8 Å². The molecule has 6 nitrogen and oxygen atoms in total. The van der Waals surface area contributed by atoms with Crippen molar-refractivity contribution >= 4 is 11.8 Å². The Balaban J connectivity index is 2.64. The average Bonchev–Trinajstić information content (AvgIpc) is 2.33. The smallest absolute Gasteiger partial charge is 0.303 e. The SMILES string of the molecule is CCc1nc(NCC(CC)CC(=O)O)cc(=O)[nH]1. The van der Waals surface area contributed by atoms with Gasteiger partial charge in [0.25, 0.3) is 5.56 Å². The fourth-order valence-corrected chi connectivity index (χ4v) is 1.62. The van der Waals surface area contributed by atoms with Gasteiger partial charge >= 0.3 is 5.97 Å². The lowest BCUT2D eigenvalue weighted by molar-refractivity contribution is -0.138. The number of aryl methyl sites for hydroxylation is 1. The Bertz CT molecular complexity index is 456. The van der Waals surface area contributed by atoms with Crippen molar-refractivity contribution in [3.05, 3.63) is 22.2 Å². The van der Waals surface area contributed by atoms with E-state index in [0.29, 0.717) is 24.6 Å². The predicted octanol–water partition coefficient (Wildman–Crippen LogP) is 1.25. The van der Waals surface area contributed by atoms with Gasteiger partial charge in [0.15, 0.2) is 0 Å². The number of hydrogen-bond donors (Lipinski definition) is 3. The quantitative estimate of drug-likeness (QED) is 0.679. The molecule has 0 spiro atoms. The summed E-state index contributed by atoms with van der Waals surface area (Å²) in [6, 6.07) is 1.38. The first-order chi connectivity index (χ1) is 8.55. The molecule has 1 aromatic heterocycles. The van der Waals surface area contributed by atoms with Crippen LogP contribution < -0.4 is 10.9 Å². The van der Waals surface area contributed by atoms with Crippen LogP contribution in [0.1, 0.15) is 32.5 Å². The maximum atomic E-state index is 11.3. The Kier molecular flexibility index (Phi) is 5.35. The molecule has 1 atom stereocenters. The highest BCUT2D eigenvalue weighted by atomic mass is 16.4. The summed E-state index contributed by atoms with van der Waals surface area (Å²) >= 11 is 0. The molecule has 6 heteroatoms. The molecule has 0 saturated carbocycles. The number of nitrogens with one attached hydrogen (secondary N) is 2. The summed E-state index contributed by atoms with van der Waals surface area (Å²) in [5.74, 6) is 0.348. The molecule has 1 heterocycles. The van der Waals surface area contributed by atoms with Crippen LogP contribution in [0.3, 0.4) is 0 Å². The van der Waals surface area contributed by atoms with E-state index < -0.39 is 5.97 Å². The molecule has 0 aliphatic carbocycles. The van der Waals surface area contributed by atoms with Gasteiger partial charge in [-0.2, -0.15) is 0 Å². The van der Waals surface area contributed by atoms with Crippen LogP contribution in [0.25, 0.3) is 0 Å². The molecule has 1 rings (SSSR count). The molecule has 1 unspecified atom stereocenters. The van der Waals surface area contributed by atoms with Crippen LogP contribution >= 0.6 is 0 Å². The van der Waals surface area contributed by atoms with Gasteiger partial charge < -0.3 is 15.4 Å². The molecule has 18 heavy (non-hydrogen) atoms. The Morgan fingerprint density at radius 3 is 2.83 bits per heavy atom. The number of nitrogens with zero attached hydrogens (tertiary/aromatic N) is 1. The highest BCUT2D eigenvalue weighted by Crippen LogP contribution is 2.09. The minimum atomic E-state index is -0.809. The van der Waals surface area contributed by atoms with Crippen molar-refractivity contribution in [3.8, 4) is 0 Å². The second kappa shape index (κ2) is 6.78. The van der Waals surface area contributed by atoms with E-state index in [0.717, 1.165) is 6.42 Å². The van der Waals surface area contributed by atoms with E-state index in [1.54, 1.807) is 0 Å². The van der Waals surface area contributed by atoms with E-state index in [9.17, 15) is 9.59 Å². The molecule has 100 valence electrons. The van der Waals surface area contributed by atoms with Crippen molar-refractivity contribution in [1.29, 1.82) is 0 Å². The van der Waals surface area contributed by atoms with Gasteiger partial charge in [0.2, 0.25) is 0 Å². The topological polar surface area (TPSA) is 95.1 Å². The zero-order valence-corrected chi connectivity index (χ0v) is 10.7. The summed E-state index contributed by atoms with van der Waals surface area (Å²) < 4.78 is 0. The minimum absolute atomic E-state index is 0.0358. The van der Waals surface area contributed by atoms with Crippen LogP contribution in [0.5, 0.6) is 0 Å². The summed E-state index contributed by atoms with van der Waals surface area (Å²) in [5.41, 5.74) is -0.198. The van der Waals surface area contributed by atoms with Gasteiger partial charge in [-0.25, -0.2) is 4.98 Å². The Labute approximate surface area is 105 Å². The molecule has 0 bridgehead atoms. The van der Waals surface area contributed by atoms with Crippen LogP contribution in [-0.4, -0.2) is 27.6 Å². The highest BCUT2D eigenvalue weighted by Gasteiger charge is 2.11. The molecule has 0 radical (unpaired) electrons. The monoisotopic (exact) mass is 253 g/mol. The first kappa shape index (κ1) is 14.2. The Morgan fingerprint density at radius 1 is 1.56 bits per heavy atom. The number of carboxylic acids is 1. The van der Waals surface area contributed by atoms with E-state index >= 15 is 0 Å². The zero-order chi connectivity index (χ0) is 13.5. The summed E-state index contributed by atoms with van der Waals surface area (Å²) in [4.78, 5) is 28.8. The Morgan fingerprint density at radius 2 is 2.28 bits per heavy atom. The number of carbonyl (C=O) groups is 1. The van der Waals surface area contributed by atoms with Crippen molar-refractivity contribution in [2.75, 3.05) is 11.9 Å². The number of carboxylic acid groups (broad SMARTS) is 1. The van der Waals surface area contributed by atoms with E-state index in [2.05, 4.69) is 15.3 Å². The average molecular weight is 253 g/mol. The molecule has 0 amide bonds. The first-order valence-electron chi connectivity index (χ1n) is 6.11. The third-order valence-corrected chi connectivity index (χ3v) is 2.74. The second-order valence-corrected chi connectivity index (χ2v) is 4.18. The lowest BCUT2D eigenvalue weighted by Crippen LogP contribution is -2.20. The van der Waals surface area contributed by atoms with Crippen molar-refractivity contribution in [3.63, 3.8) is 0 Å². The van der Waals surface area contributed by atoms with Crippen molar-refractivity contribution in [1.82, 2.24) is 9.97 Å². The normalized spacial score (nSPS) is 12.1. The number of anilines is 1. The number of rotatable bonds is 7. The third kappa shape index (κ3) is 4.57. The van der Waals surface area contributed by atoms with E-state index in [-0.39, 0.29) is 17.9 Å². The van der Waals surface area contributed by atoms with Gasteiger partial charge in [0.05, 0.1) is 0 Å². The fourth-order valence-electron chi connectivity index (χ4n) is 1.62. The number of aromatic nitrogens is 2. The van der Waals surface area contributed by atoms with Gasteiger partial charge in [-0.15, -0.1) is 0 Å². The standard InChI is InChI=1S/C12H19N3O3/c1-3-8(5-12(17)18)7-13-10-6-11(16)15-9(4-2)14-10/h6,8H,3-5,7H2,1-2H3,(H,17,18)(H2,13,14,15,16). The number of aromatic amines is 1. The minimum Gasteiger partial charge on any atom is -0.481 e. The van der Waals surface area contributed by atoms with Gasteiger partial charge in [-0.05, 0) is 5.92 Å². The summed E-state index contributed by atoms with van der Waals surface area (Å²) in [7, 11) is 0. The molecule has 1 aromatic rings. The maximum absolute atomic E-state index is 11.3. The number of hydrogen-bond acceptors (Lipinski definition) is 4. The Hall–Kier alpha value is -1.85. The molecule has 3 N–H and O–H groups in total. The molecule has 0 aromatic carbocycles. The zero-order valence-electron chi connectivity index (χ0n) is 10.7. The van der Waals surface area contributed by atoms with Crippen molar-refractivity contribution in [2.24, 2.45) is 5.92 Å². The molecular formula is C12H19N3O3. The highest BCUT2D eigenvalue weighted by molar-refractivity contribution is 5.67. The molecule has 0 saturated heterocycles. The third-order valence-electron chi connectivity index (χ3n) is 2.74. The first-order valence-corrected chi connectivity index (χ1v) is 6.11. The second-order valence-electron chi connectivity index (χ2n) is 4.18. The summed E-state index contributed by atoms with van der Waals surface area (Å²) in [6.07, 6.45) is 1.54. The number of aliphatic carboxylic acids is 1. The van der Waals surface area contributed by atoms with Gasteiger partial charge in [0, 0.05) is 25.5 Å². The lowest BCUT2D eigenvalue weighted by atomic mass is 10.0. The van der Waals surface area contributed by atoms with Crippen LogP contribution in [0.2, 0.25) is 0 Å².